The third-order valence-corrected chi connectivity index (χ3v) is 4.66. The van der Waals surface area contributed by atoms with Gasteiger partial charge in [-0.15, -0.1) is 5.10 Å². The van der Waals surface area contributed by atoms with Crippen molar-refractivity contribution in [2.75, 3.05) is 7.05 Å². The smallest absolute Gasteiger partial charge is 0.0669 e. The lowest BCUT2D eigenvalue weighted by Gasteiger charge is -2.36. The molecule has 16 heavy (non-hydrogen) atoms. The average molecular weight is 239 g/mol. The van der Waals surface area contributed by atoms with Crippen molar-refractivity contribution < 1.29 is 0 Å². The van der Waals surface area contributed by atoms with Gasteiger partial charge in [0.1, 0.15) is 0 Å². The van der Waals surface area contributed by atoms with Crippen LogP contribution < -0.4 is 5.32 Å². The molecule has 1 aromatic rings. The Labute approximate surface area is 102 Å². The fourth-order valence-electron chi connectivity index (χ4n) is 3.06. The fraction of sp³-hybridized carbons (Fsp3) is 0.833. The fourth-order valence-corrected chi connectivity index (χ4v) is 3.75. The predicted molar refractivity (Wildman–Crippen MR) is 67.4 cm³/mol. The summed E-state index contributed by atoms with van der Waals surface area (Å²) in [6.07, 6.45) is 8.76. The van der Waals surface area contributed by atoms with Crippen LogP contribution in [0.25, 0.3) is 0 Å². The Kier molecular flexibility index (Phi) is 4.29. The summed E-state index contributed by atoms with van der Waals surface area (Å²) in [5.41, 5.74) is 0. The molecule has 1 saturated carbocycles. The van der Waals surface area contributed by atoms with Gasteiger partial charge in [-0.1, -0.05) is 37.1 Å². The second-order valence-corrected chi connectivity index (χ2v) is 5.52. The van der Waals surface area contributed by atoms with E-state index in [0.29, 0.717) is 6.04 Å². The van der Waals surface area contributed by atoms with Crippen molar-refractivity contribution in [2.24, 2.45) is 11.8 Å². The highest BCUT2D eigenvalue weighted by molar-refractivity contribution is 7.05. The number of hydrogen-bond acceptors (Lipinski definition) is 4. The average Bonchev–Trinajstić information content (AvgIpc) is 2.84. The van der Waals surface area contributed by atoms with Crippen molar-refractivity contribution in [1.29, 1.82) is 0 Å². The molecule has 0 spiro atoms. The molecule has 0 radical (unpaired) electrons. The molecule has 1 N–H and O–H groups in total. The first-order valence-electron chi connectivity index (χ1n) is 6.31. The van der Waals surface area contributed by atoms with E-state index in [0.717, 1.165) is 11.8 Å². The van der Waals surface area contributed by atoms with Gasteiger partial charge in [0.05, 0.1) is 11.1 Å². The van der Waals surface area contributed by atoms with Gasteiger partial charge in [0, 0.05) is 6.04 Å². The summed E-state index contributed by atoms with van der Waals surface area (Å²) in [5.74, 6) is 1.64. The second-order valence-electron chi connectivity index (χ2n) is 4.70. The van der Waals surface area contributed by atoms with Crippen molar-refractivity contribution in [2.45, 2.75) is 45.1 Å². The molecule has 3 unspecified atom stereocenters. The summed E-state index contributed by atoms with van der Waals surface area (Å²) in [7, 11) is 2.06. The lowest BCUT2D eigenvalue weighted by molar-refractivity contribution is 0.182. The van der Waals surface area contributed by atoms with Crippen molar-refractivity contribution in [1.82, 2.24) is 14.9 Å². The van der Waals surface area contributed by atoms with E-state index in [1.807, 2.05) is 6.20 Å². The first kappa shape index (κ1) is 12.0. The van der Waals surface area contributed by atoms with Gasteiger partial charge in [-0.05, 0) is 36.8 Å². The number of hydrogen-bond donors (Lipinski definition) is 1. The number of rotatable bonds is 4. The lowest BCUT2D eigenvalue weighted by Crippen LogP contribution is -2.32. The molecule has 4 heteroatoms. The van der Waals surface area contributed by atoms with Gasteiger partial charge in [0.25, 0.3) is 0 Å². The highest BCUT2D eigenvalue weighted by Gasteiger charge is 2.31. The van der Waals surface area contributed by atoms with Gasteiger partial charge >= 0.3 is 0 Å². The van der Waals surface area contributed by atoms with Crippen molar-refractivity contribution in [3.63, 3.8) is 0 Å². The molecule has 1 fully saturated rings. The van der Waals surface area contributed by atoms with Crippen LogP contribution in [0.1, 0.15) is 49.9 Å². The Morgan fingerprint density at radius 3 is 2.94 bits per heavy atom. The molecule has 0 saturated heterocycles. The molecular formula is C12H21N3S. The highest BCUT2D eigenvalue weighted by atomic mass is 32.1. The van der Waals surface area contributed by atoms with E-state index in [1.54, 1.807) is 0 Å². The maximum Gasteiger partial charge on any atom is 0.0669 e. The minimum atomic E-state index is 0.463. The maximum atomic E-state index is 3.99. The molecule has 3 atom stereocenters. The summed E-state index contributed by atoms with van der Waals surface area (Å²) < 4.78 is 3.99. The summed E-state index contributed by atoms with van der Waals surface area (Å²) in [4.78, 5) is 1.30. The van der Waals surface area contributed by atoms with E-state index in [4.69, 9.17) is 0 Å². The first-order valence-corrected chi connectivity index (χ1v) is 7.08. The summed E-state index contributed by atoms with van der Waals surface area (Å²) in [6.45, 7) is 2.32. The zero-order valence-corrected chi connectivity index (χ0v) is 11.0. The lowest BCUT2D eigenvalue weighted by atomic mass is 9.74. The molecule has 0 bridgehead atoms. The standard InChI is InChI=1S/C12H21N3S/c1-3-9-6-4-5-7-10(9)12(13-2)11-8-14-15-16-11/h8-10,12-13H,3-7H2,1-2H3. The molecule has 2 rings (SSSR count). The summed E-state index contributed by atoms with van der Waals surface area (Å²) >= 11 is 1.54. The van der Waals surface area contributed by atoms with Crippen molar-refractivity contribution in [3.8, 4) is 0 Å². The van der Waals surface area contributed by atoms with Gasteiger partial charge in [-0.25, -0.2) is 0 Å². The Balaban J connectivity index is 2.13. The zero-order valence-electron chi connectivity index (χ0n) is 10.1. The molecule has 1 aromatic heterocycles. The van der Waals surface area contributed by atoms with Crippen LogP contribution in [0.3, 0.4) is 0 Å². The van der Waals surface area contributed by atoms with Gasteiger partial charge in [0.2, 0.25) is 0 Å². The SMILES string of the molecule is CCC1CCCCC1C(NC)c1cnns1. The van der Waals surface area contributed by atoms with Crippen molar-refractivity contribution in [3.05, 3.63) is 11.1 Å². The molecular weight excluding hydrogens is 218 g/mol. The van der Waals surface area contributed by atoms with E-state index in [9.17, 15) is 0 Å². The molecule has 1 aliphatic rings. The second kappa shape index (κ2) is 5.73. The monoisotopic (exact) mass is 239 g/mol. The van der Waals surface area contributed by atoms with Gasteiger partial charge in [-0.3, -0.25) is 0 Å². The van der Waals surface area contributed by atoms with E-state index in [1.165, 1.54) is 48.5 Å². The van der Waals surface area contributed by atoms with Gasteiger partial charge in [0.15, 0.2) is 0 Å². The highest BCUT2D eigenvalue weighted by Crippen LogP contribution is 2.40. The Morgan fingerprint density at radius 1 is 1.50 bits per heavy atom. The summed E-state index contributed by atoms with van der Waals surface area (Å²) in [5, 5.41) is 7.43. The van der Waals surface area contributed by atoms with Crippen LogP contribution in [0.2, 0.25) is 0 Å². The van der Waals surface area contributed by atoms with Crippen LogP contribution in [0.5, 0.6) is 0 Å². The quantitative estimate of drug-likeness (QED) is 0.877. The molecule has 3 nitrogen and oxygen atoms in total. The Bertz CT molecular complexity index is 299. The topological polar surface area (TPSA) is 37.8 Å². The third kappa shape index (κ3) is 2.43. The van der Waals surface area contributed by atoms with Crippen LogP contribution in [-0.4, -0.2) is 16.6 Å². The van der Waals surface area contributed by atoms with E-state index in [-0.39, 0.29) is 0 Å². The Morgan fingerprint density at radius 2 is 2.31 bits per heavy atom. The van der Waals surface area contributed by atoms with Gasteiger partial charge < -0.3 is 5.32 Å². The summed E-state index contributed by atoms with van der Waals surface area (Å²) in [6, 6.07) is 0.463. The minimum Gasteiger partial charge on any atom is -0.312 e. The normalized spacial score (nSPS) is 27.9. The van der Waals surface area contributed by atoms with Crippen molar-refractivity contribution >= 4 is 11.5 Å². The molecule has 1 aliphatic carbocycles. The molecule has 0 amide bonds. The van der Waals surface area contributed by atoms with Crippen LogP contribution in [-0.2, 0) is 0 Å². The molecule has 90 valence electrons. The maximum absolute atomic E-state index is 3.99. The van der Waals surface area contributed by atoms with Crippen LogP contribution in [0.4, 0.5) is 0 Å². The van der Waals surface area contributed by atoms with Crippen LogP contribution in [0, 0.1) is 11.8 Å². The third-order valence-electron chi connectivity index (χ3n) is 3.92. The zero-order chi connectivity index (χ0) is 11.4. The number of nitrogens with one attached hydrogen (secondary N) is 1. The first-order chi connectivity index (χ1) is 7.86. The number of aromatic nitrogens is 2. The Hall–Kier alpha value is -0.480. The molecule has 0 aliphatic heterocycles. The molecule has 0 aromatic carbocycles. The van der Waals surface area contributed by atoms with Gasteiger partial charge in [-0.2, -0.15) is 0 Å². The van der Waals surface area contributed by atoms with E-state index >= 15 is 0 Å². The van der Waals surface area contributed by atoms with E-state index < -0.39 is 0 Å². The van der Waals surface area contributed by atoms with E-state index in [2.05, 4.69) is 28.9 Å². The number of nitrogens with zero attached hydrogens (tertiary/aromatic N) is 2. The largest absolute Gasteiger partial charge is 0.312 e. The minimum absolute atomic E-state index is 0.463. The van der Waals surface area contributed by atoms with Crippen LogP contribution >= 0.6 is 11.5 Å². The molecule has 1 heterocycles. The predicted octanol–water partition coefficient (Wildman–Crippen LogP) is 3.02. The van der Waals surface area contributed by atoms with Crippen LogP contribution in [0.15, 0.2) is 6.20 Å².